The molecular weight excluding hydrogens is 360 g/mol. The molecule has 0 aliphatic rings. The number of nitrogens with one attached hydrogen (secondary N) is 2. The molecule has 134 valence electrons. The Bertz CT molecular complexity index is 1250. The van der Waals surface area contributed by atoms with Gasteiger partial charge in [-0.3, -0.25) is 5.10 Å². The Balaban J connectivity index is 1.58. The summed E-state index contributed by atoms with van der Waals surface area (Å²) in [6.07, 6.45) is 5.47. The van der Waals surface area contributed by atoms with Gasteiger partial charge in [0, 0.05) is 18.8 Å². The second-order valence-corrected chi connectivity index (χ2v) is 7.21. The number of benzene rings is 2. The van der Waals surface area contributed by atoms with Crippen molar-refractivity contribution in [3.05, 3.63) is 49.1 Å². The van der Waals surface area contributed by atoms with Gasteiger partial charge in [-0.1, -0.05) is 17.4 Å². The Morgan fingerprint density at radius 1 is 1.15 bits per heavy atom. The molecule has 3 aromatic heterocycles. The van der Waals surface area contributed by atoms with Crippen molar-refractivity contribution in [2.75, 3.05) is 12.4 Å². The van der Waals surface area contributed by atoms with E-state index in [1.165, 1.54) is 0 Å². The molecule has 8 heteroatoms. The van der Waals surface area contributed by atoms with E-state index in [1.807, 2.05) is 42.3 Å². The first-order chi connectivity index (χ1) is 13.2. The Kier molecular flexibility index (Phi) is 3.58. The lowest BCUT2D eigenvalue weighted by atomic mass is 10.1. The fraction of sp³-hybridized carbons (Fsp3) is 0.105. The van der Waals surface area contributed by atoms with Gasteiger partial charge in [-0.2, -0.15) is 5.10 Å². The number of methoxy groups -OCH3 is 1. The number of rotatable bonds is 4. The van der Waals surface area contributed by atoms with Crippen molar-refractivity contribution in [2.24, 2.45) is 7.05 Å². The third kappa shape index (κ3) is 2.61. The second-order valence-electron chi connectivity index (χ2n) is 6.18. The minimum Gasteiger partial charge on any atom is -0.495 e. The SMILES string of the molecule is COc1ccc(-c2cn[nH]c2)cc1Nc1nc2c(ccc3c2ncn3C)s1. The van der Waals surface area contributed by atoms with E-state index < -0.39 is 0 Å². The number of anilines is 2. The largest absolute Gasteiger partial charge is 0.495 e. The number of aryl methyl sites for hydroxylation is 1. The van der Waals surface area contributed by atoms with E-state index in [0.717, 1.165) is 48.9 Å². The molecule has 0 fully saturated rings. The summed E-state index contributed by atoms with van der Waals surface area (Å²) in [7, 11) is 3.65. The maximum atomic E-state index is 5.51. The number of hydrogen-bond donors (Lipinski definition) is 2. The van der Waals surface area contributed by atoms with Crippen molar-refractivity contribution >= 4 is 43.4 Å². The lowest BCUT2D eigenvalue weighted by molar-refractivity contribution is 0.417. The van der Waals surface area contributed by atoms with Crippen LogP contribution in [-0.4, -0.2) is 31.8 Å². The number of aromatic nitrogens is 5. The molecule has 0 radical (unpaired) electrons. The fourth-order valence-electron chi connectivity index (χ4n) is 3.15. The lowest BCUT2D eigenvalue weighted by Crippen LogP contribution is -1.94. The third-order valence-electron chi connectivity index (χ3n) is 4.53. The molecule has 0 atom stereocenters. The molecule has 0 saturated heterocycles. The Morgan fingerprint density at radius 2 is 2.07 bits per heavy atom. The highest BCUT2D eigenvalue weighted by atomic mass is 32.1. The van der Waals surface area contributed by atoms with E-state index in [2.05, 4.69) is 32.6 Å². The first kappa shape index (κ1) is 15.8. The maximum absolute atomic E-state index is 5.51. The first-order valence-electron chi connectivity index (χ1n) is 8.38. The van der Waals surface area contributed by atoms with Crippen molar-refractivity contribution in [1.29, 1.82) is 0 Å². The van der Waals surface area contributed by atoms with E-state index >= 15 is 0 Å². The number of hydrogen-bond acceptors (Lipinski definition) is 6. The molecule has 0 saturated carbocycles. The average molecular weight is 376 g/mol. The van der Waals surface area contributed by atoms with Crippen LogP contribution in [0.4, 0.5) is 10.8 Å². The summed E-state index contributed by atoms with van der Waals surface area (Å²) in [5, 5.41) is 11.1. The quantitative estimate of drug-likeness (QED) is 0.488. The Hall–Kier alpha value is -3.39. The molecule has 0 amide bonds. The number of imidazole rings is 1. The maximum Gasteiger partial charge on any atom is 0.188 e. The van der Waals surface area contributed by atoms with E-state index in [4.69, 9.17) is 9.72 Å². The van der Waals surface area contributed by atoms with Gasteiger partial charge < -0.3 is 14.6 Å². The molecule has 0 aliphatic heterocycles. The standard InChI is InChI=1S/C19H16N6OS/c1-25-10-20-17-14(25)4-6-16-18(17)24-19(27-16)23-13-7-11(3-5-15(13)26-2)12-8-21-22-9-12/h3-10H,1-2H3,(H,21,22)(H,23,24). The second kappa shape index (κ2) is 6.10. The van der Waals surface area contributed by atoms with Gasteiger partial charge in [-0.25, -0.2) is 9.97 Å². The zero-order valence-corrected chi connectivity index (χ0v) is 15.5. The van der Waals surface area contributed by atoms with Crippen LogP contribution in [0.15, 0.2) is 49.1 Å². The molecule has 2 aromatic carbocycles. The first-order valence-corrected chi connectivity index (χ1v) is 9.19. The molecule has 5 rings (SSSR count). The highest BCUT2D eigenvalue weighted by molar-refractivity contribution is 7.22. The highest BCUT2D eigenvalue weighted by Gasteiger charge is 2.13. The van der Waals surface area contributed by atoms with Crippen LogP contribution in [0.1, 0.15) is 0 Å². The normalized spacial score (nSPS) is 11.3. The summed E-state index contributed by atoms with van der Waals surface area (Å²) < 4.78 is 8.60. The van der Waals surface area contributed by atoms with Gasteiger partial charge in [0.1, 0.15) is 16.8 Å². The zero-order chi connectivity index (χ0) is 18.4. The van der Waals surface area contributed by atoms with Crippen LogP contribution in [0.5, 0.6) is 5.75 Å². The summed E-state index contributed by atoms with van der Waals surface area (Å²) in [5.41, 5.74) is 5.80. The summed E-state index contributed by atoms with van der Waals surface area (Å²) >= 11 is 1.59. The van der Waals surface area contributed by atoms with Crippen molar-refractivity contribution in [3.63, 3.8) is 0 Å². The predicted octanol–water partition coefficient (Wildman–Crippen LogP) is 4.33. The van der Waals surface area contributed by atoms with Crippen LogP contribution in [0, 0.1) is 0 Å². The number of fused-ring (bicyclic) bond motifs is 3. The van der Waals surface area contributed by atoms with Crippen LogP contribution in [0.25, 0.3) is 32.4 Å². The van der Waals surface area contributed by atoms with Crippen LogP contribution in [-0.2, 0) is 7.05 Å². The van der Waals surface area contributed by atoms with Crippen LogP contribution < -0.4 is 10.1 Å². The Morgan fingerprint density at radius 3 is 2.89 bits per heavy atom. The molecule has 5 aromatic rings. The molecule has 27 heavy (non-hydrogen) atoms. The number of aromatic amines is 1. The van der Waals surface area contributed by atoms with E-state index in [0.29, 0.717) is 0 Å². The minimum atomic E-state index is 0.754. The molecule has 0 aliphatic carbocycles. The van der Waals surface area contributed by atoms with Crippen molar-refractivity contribution in [3.8, 4) is 16.9 Å². The number of thiazole rings is 1. The van der Waals surface area contributed by atoms with Crippen LogP contribution >= 0.6 is 11.3 Å². The molecule has 3 heterocycles. The third-order valence-corrected chi connectivity index (χ3v) is 5.46. The molecular formula is C19H16N6OS. The van der Waals surface area contributed by atoms with Crippen molar-refractivity contribution < 1.29 is 4.74 Å². The summed E-state index contributed by atoms with van der Waals surface area (Å²) in [6, 6.07) is 10.1. The number of ether oxygens (including phenoxy) is 1. The monoisotopic (exact) mass is 376 g/mol. The molecule has 7 nitrogen and oxygen atoms in total. The minimum absolute atomic E-state index is 0.754. The molecule has 2 N–H and O–H groups in total. The van der Waals surface area contributed by atoms with Gasteiger partial charge in [0.25, 0.3) is 0 Å². The van der Waals surface area contributed by atoms with E-state index in [-0.39, 0.29) is 0 Å². The molecule has 0 unspecified atom stereocenters. The number of nitrogens with zero attached hydrogens (tertiary/aromatic N) is 4. The predicted molar refractivity (Wildman–Crippen MR) is 108 cm³/mol. The highest BCUT2D eigenvalue weighted by Crippen LogP contribution is 2.36. The van der Waals surface area contributed by atoms with Crippen LogP contribution in [0.2, 0.25) is 0 Å². The fourth-order valence-corrected chi connectivity index (χ4v) is 4.03. The van der Waals surface area contributed by atoms with Crippen LogP contribution in [0.3, 0.4) is 0 Å². The summed E-state index contributed by atoms with van der Waals surface area (Å²) in [4.78, 5) is 9.27. The van der Waals surface area contributed by atoms with Gasteiger partial charge in [-0.05, 0) is 29.8 Å². The zero-order valence-electron chi connectivity index (χ0n) is 14.7. The van der Waals surface area contributed by atoms with Gasteiger partial charge in [0.15, 0.2) is 5.13 Å². The van der Waals surface area contributed by atoms with E-state index in [9.17, 15) is 0 Å². The topological polar surface area (TPSA) is 80.7 Å². The van der Waals surface area contributed by atoms with Crippen molar-refractivity contribution in [1.82, 2.24) is 24.7 Å². The van der Waals surface area contributed by atoms with E-state index in [1.54, 1.807) is 24.6 Å². The molecule has 0 bridgehead atoms. The average Bonchev–Trinajstić information content (AvgIpc) is 3.41. The van der Waals surface area contributed by atoms with Gasteiger partial charge in [-0.15, -0.1) is 0 Å². The van der Waals surface area contributed by atoms with Crippen molar-refractivity contribution in [2.45, 2.75) is 0 Å². The number of H-pyrrole nitrogens is 1. The lowest BCUT2D eigenvalue weighted by Gasteiger charge is -2.10. The van der Waals surface area contributed by atoms with Gasteiger partial charge in [0.05, 0.1) is 35.5 Å². The van der Waals surface area contributed by atoms with Gasteiger partial charge in [0.2, 0.25) is 0 Å². The molecule has 0 spiro atoms. The Labute approximate surface area is 158 Å². The smallest absolute Gasteiger partial charge is 0.188 e. The van der Waals surface area contributed by atoms with Gasteiger partial charge >= 0.3 is 0 Å². The summed E-state index contributed by atoms with van der Waals surface area (Å²) in [5.74, 6) is 0.754. The summed E-state index contributed by atoms with van der Waals surface area (Å²) in [6.45, 7) is 0.